The van der Waals surface area contributed by atoms with Crippen LogP contribution in [0.15, 0.2) is 18.2 Å². The maximum Gasteiger partial charge on any atom is 0.328 e. The largest absolute Gasteiger partial charge is 0.464 e. The maximum atomic E-state index is 12.4. The monoisotopic (exact) mass is 444 g/mol. The van der Waals surface area contributed by atoms with Gasteiger partial charge in [-0.15, -0.1) is 0 Å². The topological polar surface area (TPSA) is 102 Å². The van der Waals surface area contributed by atoms with Gasteiger partial charge >= 0.3 is 11.9 Å². The van der Waals surface area contributed by atoms with E-state index in [1.54, 1.807) is 6.92 Å². The fraction of sp³-hybridized carbons (Fsp3) is 0.474. The van der Waals surface area contributed by atoms with Crippen LogP contribution in [-0.2, 0) is 23.9 Å². The molecule has 158 valence electrons. The minimum Gasteiger partial charge on any atom is -0.464 e. The Morgan fingerprint density at radius 2 is 1.93 bits per heavy atom. The molecule has 1 aliphatic rings. The summed E-state index contributed by atoms with van der Waals surface area (Å²) >= 11 is 11.7. The van der Waals surface area contributed by atoms with Crippen molar-refractivity contribution in [1.82, 2.24) is 10.2 Å². The maximum absolute atomic E-state index is 12.4. The van der Waals surface area contributed by atoms with Crippen molar-refractivity contribution in [3.8, 4) is 0 Å². The highest BCUT2D eigenvalue weighted by molar-refractivity contribution is 6.36. The van der Waals surface area contributed by atoms with Crippen molar-refractivity contribution in [3.63, 3.8) is 0 Å². The standard InChI is InChI=1S/C19H22Cl2N2O6/c1-2-28-19(27)15-5-3-4-8-23(15)16(24)11-29-17(25)10-22-18(26)13-7-6-12(20)9-14(13)21/h6-7,9,15H,2-5,8,10-11H2,1H3,(H,22,26). The number of piperidine rings is 1. The number of carbonyl (C=O) groups excluding carboxylic acids is 4. The minimum absolute atomic E-state index is 0.147. The molecule has 0 aliphatic carbocycles. The van der Waals surface area contributed by atoms with E-state index in [1.165, 1.54) is 23.1 Å². The third kappa shape index (κ3) is 6.61. The number of nitrogens with one attached hydrogen (secondary N) is 1. The number of ether oxygens (including phenoxy) is 2. The number of hydrogen-bond acceptors (Lipinski definition) is 6. The molecule has 2 rings (SSSR count). The second-order valence-electron chi connectivity index (χ2n) is 6.32. The van der Waals surface area contributed by atoms with Gasteiger partial charge in [0.05, 0.1) is 17.2 Å². The van der Waals surface area contributed by atoms with E-state index < -0.39 is 42.9 Å². The van der Waals surface area contributed by atoms with Gasteiger partial charge in [-0.1, -0.05) is 23.2 Å². The van der Waals surface area contributed by atoms with E-state index in [2.05, 4.69) is 5.32 Å². The molecule has 0 saturated carbocycles. The number of halogens is 2. The molecule has 1 unspecified atom stereocenters. The predicted octanol–water partition coefficient (Wildman–Crippen LogP) is 2.21. The zero-order valence-electron chi connectivity index (χ0n) is 15.9. The van der Waals surface area contributed by atoms with Crippen molar-refractivity contribution in [3.05, 3.63) is 33.8 Å². The van der Waals surface area contributed by atoms with E-state index in [0.717, 1.165) is 12.8 Å². The Morgan fingerprint density at radius 3 is 2.62 bits per heavy atom. The number of nitrogens with zero attached hydrogens (tertiary/aromatic N) is 1. The lowest BCUT2D eigenvalue weighted by Crippen LogP contribution is -2.50. The van der Waals surface area contributed by atoms with Gasteiger partial charge in [-0.3, -0.25) is 14.4 Å². The lowest BCUT2D eigenvalue weighted by Gasteiger charge is -2.33. The number of hydrogen-bond donors (Lipinski definition) is 1. The predicted molar refractivity (Wildman–Crippen MR) is 106 cm³/mol. The van der Waals surface area contributed by atoms with Crippen LogP contribution in [0.25, 0.3) is 0 Å². The number of rotatable bonds is 7. The molecule has 0 spiro atoms. The van der Waals surface area contributed by atoms with Gasteiger partial charge in [-0.2, -0.15) is 0 Å². The summed E-state index contributed by atoms with van der Waals surface area (Å²) in [6.07, 6.45) is 2.08. The quantitative estimate of drug-likeness (QED) is 0.646. The first-order valence-electron chi connectivity index (χ1n) is 9.18. The molecule has 1 N–H and O–H groups in total. The number of esters is 2. The van der Waals surface area contributed by atoms with E-state index in [1.807, 2.05) is 0 Å². The molecule has 2 amide bonds. The van der Waals surface area contributed by atoms with Crippen LogP contribution in [0.1, 0.15) is 36.5 Å². The Labute approximate surface area is 178 Å². The van der Waals surface area contributed by atoms with Gasteiger partial charge in [0, 0.05) is 11.6 Å². The Morgan fingerprint density at radius 1 is 1.17 bits per heavy atom. The van der Waals surface area contributed by atoms with Gasteiger partial charge < -0.3 is 19.7 Å². The van der Waals surface area contributed by atoms with Gasteiger partial charge in [0.1, 0.15) is 12.6 Å². The van der Waals surface area contributed by atoms with E-state index >= 15 is 0 Å². The fourth-order valence-corrected chi connectivity index (χ4v) is 3.41. The molecular formula is C19H22Cl2N2O6. The normalized spacial score (nSPS) is 16.1. The molecule has 0 bridgehead atoms. The van der Waals surface area contributed by atoms with Crippen LogP contribution in [0.2, 0.25) is 10.0 Å². The molecule has 1 aromatic carbocycles. The van der Waals surface area contributed by atoms with Crippen molar-refractivity contribution < 1.29 is 28.7 Å². The molecule has 10 heteroatoms. The summed E-state index contributed by atoms with van der Waals surface area (Å²) in [5, 5.41) is 2.89. The van der Waals surface area contributed by atoms with Crippen LogP contribution in [0.5, 0.6) is 0 Å². The van der Waals surface area contributed by atoms with Crippen molar-refractivity contribution >= 4 is 47.0 Å². The van der Waals surface area contributed by atoms with Crippen LogP contribution in [0.3, 0.4) is 0 Å². The summed E-state index contributed by atoms with van der Waals surface area (Å²) in [7, 11) is 0. The summed E-state index contributed by atoms with van der Waals surface area (Å²) in [5.41, 5.74) is 0.158. The van der Waals surface area contributed by atoms with Gasteiger partial charge in [0.25, 0.3) is 11.8 Å². The van der Waals surface area contributed by atoms with Crippen LogP contribution in [-0.4, -0.2) is 61.0 Å². The van der Waals surface area contributed by atoms with E-state index in [0.29, 0.717) is 18.0 Å². The van der Waals surface area contributed by atoms with Gasteiger partial charge in [0.2, 0.25) is 0 Å². The van der Waals surface area contributed by atoms with Crippen LogP contribution >= 0.6 is 23.2 Å². The fourth-order valence-electron chi connectivity index (χ4n) is 2.91. The second-order valence-corrected chi connectivity index (χ2v) is 7.16. The zero-order chi connectivity index (χ0) is 21.4. The van der Waals surface area contributed by atoms with E-state index in [4.69, 9.17) is 32.7 Å². The second kappa shape index (κ2) is 11.0. The van der Waals surface area contributed by atoms with Crippen LogP contribution in [0.4, 0.5) is 0 Å². The summed E-state index contributed by atoms with van der Waals surface area (Å²) in [5.74, 6) is -2.31. The first-order chi connectivity index (χ1) is 13.8. The molecule has 1 atom stereocenters. The highest BCUT2D eigenvalue weighted by atomic mass is 35.5. The van der Waals surface area contributed by atoms with Gasteiger partial charge in [0.15, 0.2) is 6.61 Å². The Kier molecular flexibility index (Phi) is 8.72. The third-order valence-corrected chi connectivity index (χ3v) is 4.86. The lowest BCUT2D eigenvalue weighted by molar-refractivity contribution is -0.160. The van der Waals surface area contributed by atoms with Gasteiger partial charge in [-0.25, -0.2) is 4.79 Å². The molecule has 29 heavy (non-hydrogen) atoms. The molecular weight excluding hydrogens is 423 g/mol. The lowest BCUT2D eigenvalue weighted by atomic mass is 10.0. The van der Waals surface area contributed by atoms with Crippen LogP contribution in [0, 0.1) is 0 Å². The molecule has 0 radical (unpaired) electrons. The Balaban J connectivity index is 1.82. The molecule has 1 heterocycles. The highest BCUT2D eigenvalue weighted by Gasteiger charge is 2.33. The van der Waals surface area contributed by atoms with Crippen molar-refractivity contribution in [2.75, 3.05) is 26.3 Å². The molecule has 1 aliphatic heterocycles. The minimum atomic E-state index is -0.790. The molecule has 0 aromatic heterocycles. The summed E-state index contributed by atoms with van der Waals surface area (Å²) in [4.78, 5) is 49.7. The Bertz CT molecular complexity index is 786. The molecule has 8 nitrogen and oxygen atoms in total. The average Bonchev–Trinajstić information content (AvgIpc) is 2.70. The summed E-state index contributed by atoms with van der Waals surface area (Å²) in [6.45, 7) is 1.36. The smallest absolute Gasteiger partial charge is 0.328 e. The van der Waals surface area contributed by atoms with E-state index in [9.17, 15) is 19.2 Å². The molecule has 1 saturated heterocycles. The molecule has 1 aromatic rings. The van der Waals surface area contributed by atoms with E-state index in [-0.39, 0.29) is 17.2 Å². The highest BCUT2D eigenvalue weighted by Crippen LogP contribution is 2.21. The summed E-state index contributed by atoms with van der Waals surface area (Å²) < 4.78 is 9.93. The average molecular weight is 445 g/mol. The number of amides is 2. The van der Waals surface area contributed by atoms with Crippen LogP contribution < -0.4 is 5.32 Å². The number of benzene rings is 1. The van der Waals surface area contributed by atoms with Crippen molar-refractivity contribution in [2.24, 2.45) is 0 Å². The first-order valence-corrected chi connectivity index (χ1v) is 9.94. The number of likely N-dealkylation sites (tertiary alicyclic amines) is 1. The molecule has 1 fully saturated rings. The SMILES string of the molecule is CCOC(=O)C1CCCCN1C(=O)COC(=O)CNC(=O)c1ccc(Cl)cc1Cl. The van der Waals surface area contributed by atoms with Gasteiger partial charge in [-0.05, 0) is 44.4 Å². The van der Waals surface area contributed by atoms with Crippen molar-refractivity contribution in [2.45, 2.75) is 32.2 Å². The Hall–Kier alpha value is -2.32. The third-order valence-electron chi connectivity index (χ3n) is 4.31. The summed E-state index contributed by atoms with van der Waals surface area (Å²) in [6, 6.07) is 3.67. The number of carbonyl (C=O) groups is 4. The first kappa shape index (κ1) is 23.0. The van der Waals surface area contributed by atoms with Crippen molar-refractivity contribution in [1.29, 1.82) is 0 Å². The zero-order valence-corrected chi connectivity index (χ0v) is 17.4.